The number of aromatic nitrogens is 3. The van der Waals surface area contributed by atoms with Crippen molar-refractivity contribution in [3.63, 3.8) is 0 Å². The molecule has 4 aliphatic heterocycles. The lowest BCUT2D eigenvalue weighted by Crippen LogP contribution is -2.54. The van der Waals surface area contributed by atoms with Gasteiger partial charge in [0.05, 0.1) is 22.9 Å². The SMILES string of the molecule is C=CCNC(=O)c1cnc(Nc2ccc(N3CCC(CN4CCN(c5ccc6c(c5)C(=O)N(C5CCC(=O)NC5=O)C6=O)CC4)CC3)cc2)nc1Nc1ccc2c(n1)C(O)CC2.CC. The minimum absolute atomic E-state index is 0.0880. The van der Waals surface area contributed by atoms with Crippen LogP contribution in [-0.2, 0) is 16.0 Å². The molecule has 1 aliphatic carbocycles. The normalized spacial score (nSPS) is 20.0. The number of carbonyl (C=O) groups is 5. The maximum atomic E-state index is 13.4. The van der Waals surface area contributed by atoms with E-state index >= 15 is 0 Å². The van der Waals surface area contributed by atoms with Crippen LogP contribution in [0.1, 0.15) is 94.4 Å². The van der Waals surface area contributed by atoms with Gasteiger partial charge >= 0.3 is 0 Å². The van der Waals surface area contributed by atoms with Crippen molar-refractivity contribution in [3.8, 4) is 0 Å². The number of piperazine rings is 1. The Kier molecular flexibility index (Phi) is 13.3. The average Bonchev–Trinajstić information content (AvgIpc) is 3.80. The lowest BCUT2D eigenvalue weighted by molar-refractivity contribution is -0.136. The molecule has 0 spiro atoms. The largest absolute Gasteiger partial charge is 0.387 e. The van der Waals surface area contributed by atoms with Crippen LogP contribution in [0.3, 0.4) is 0 Å². The van der Waals surface area contributed by atoms with Crippen molar-refractivity contribution in [2.24, 2.45) is 5.92 Å². The Bertz CT molecular complexity index is 2430. The molecule has 334 valence electrons. The second-order valence-electron chi connectivity index (χ2n) is 16.4. The molecule has 0 bridgehead atoms. The summed E-state index contributed by atoms with van der Waals surface area (Å²) in [5, 5.41) is 21.8. The Morgan fingerprint density at radius 1 is 0.828 bits per heavy atom. The second-order valence-corrected chi connectivity index (χ2v) is 16.4. The topological polar surface area (TPSA) is 205 Å². The average molecular weight is 870 g/mol. The van der Waals surface area contributed by atoms with Gasteiger partial charge in [-0.25, -0.2) is 9.97 Å². The summed E-state index contributed by atoms with van der Waals surface area (Å²) in [6.07, 6.45) is 6.24. The minimum atomic E-state index is -0.978. The molecule has 2 atom stereocenters. The van der Waals surface area contributed by atoms with E-state index in [0.717, 1.165) is 92.6 Å². The molecule has 2 aromatic heterocycles. The number of pyridine rings is 1. The third kappa shape index (κ3) is 9.31. The van der Waals surface area contributed by atoms with Gasteiger partial charge in [-0.1, -0.05) is 26.0 Å². The number of aliphatic hydroxyl groups is 1. The lowest BCUT2D eigenvalue weighted by atomic mass is 9.95. The highest BCUT2D eigenvalue weighted by Crippen LogP contribution is 2.33. The summed E-state index contributed by atoms with van der Waals surface area (Å²) in [5.74, 6) is -0.703. The number of aliphatic hydroxyl groups excluding tert-OH is 1. The molecule has 2 aromatic carbocycles. The van der Waals surface area contributed by atoms with Gasteiger partial charge in [0.1, 0.15) is 23.2 Å². The molecule has 3 fully saturated rings. The Labute approximate surface area is 372 Å². The molecule has 4 aromatic rings. The number of hydrogen-bond acceptors (Lipinski definition) is 14. The third-order valence-corrected chi connectivity index (χ3v) is 12.5. The molecule has 0 radical (unpaired) electrons. The van der Waals surface area contributed by atoms with E-state index in [1.165, 1.54) is 6.20 Å². The molecule has 6 heterocycles. The van der Waals surface area contributed by atoms with Gasteiger partial charge in [-0.05, 0) is 92.1 Å². The van der Waals surface area contributed by atoms with Crippen LogP contribution in [0.15, 0.2) is 73.4 Å². The zero-order chi connectivity index (χ0) is 44.9. The Hall–Kier alpha value is -6.72. The lowest BCUT2D eigenvalue weighted by Gasteiger charge is -2.40. The van der Waals surface area contributed by atoms with Crippen molar-refractivity contribution < 1.29 is 29.1 Å². The van der Waals surface area contributed by atoms with Crippen molar-refractivity contribution in [3.05, 3.63) is 101 Å². The van der Waals surface area contributed by atoms with Gasteiger partial charge in [0.15, 0.2) is 0 Å². The van der Waals surface area contributed by atoms with E-state index in [9.17, 15) is 29.1 Å². The quantitative estimate of drug-likeness (QED) is 0.0966. The van der Waals surface area contributed by atoms with Crippen LogP contribution in [0, 0.1) is 5.92 Å². The van der Waals surface area contributed by atoms with Crippen molar-refractivity contribution in [2.45, 2.75) is 64.5 Å². The fourth-order valence-corrected chi connectivity index (χ4v) is 9.06. The third-order valence-electron chi connectivity index (χ3n) is 12.5. The van der Waals surface area contributed by atoms with E-state index in [1.807, 2.05) is 44.2 Å². The number of rotatable bonds is 12. The predicted octanol–water partition coefficient (Wildman–Crippen LogP) is 4.72. The number of nitrogens with one attached hydrogen (secondary N) is 4. The first-order valence-electron chi connectivity index (χ1n) is 22.3. The number of anilines is 6. The van der Waals surface area contributed by atoms with E-state index < -0.39 is 35.8 Å². The second kappa shape index (κ2) is 19.3. The molecule has 64 heavy (non-hydrogen) atoms. The number of benzene rings is 2. The van der Waals surface area contributed by atoms with Crippen molar-refractivity contribution in [2.75, 3.05) is 72.8 Å². The number of fused-ring (bicyclic) bond motifs is 2. The summed E-state index contributed by atoms with van der Waals surface area (Å²) < 4.78 is 0. The van der Waals surface area contributed by atoms with E-state index in [0.29, 0.717) is 40.9 Å². The monoisotopic (exact) mass is 869 g/mol. The molecule has 17 heteroatoms. The summed E-state index contributed by atoms with van der Waals surface area (Å²) in [4.78, 5) is 85.5. The fraction of sp³-hybridized carbons (Fsp3) is 0.404. The number of hydrogen-bond donors (Lipinski definition) is 5. The number of piperidine rings is 2. The van der Waals surface area contributed by atoms with Gasteiger partial charge in [0.2, 0.25) is 17.8 Å². The van der Waals surface area contributed by atoms with E-state index in [1.54, 1.807) is 18.2 Å². The Balaban J connectivity index is 0.00000276. The van der Waals surface area contributed by atoms with E-state index in [2.05, 4.69) is 69.6 Å². The molecule has 17 nitrogen and oxygen atoms in total. The Morgan fingerprint density at radius 2 is 1.55 bits per heavy atom. The molecule has 2 unspecified atom stereocenters. The van der Waals surface area contributed by atoms with Crippen LogP contribution in [-0.4, -0.2) is 118 Å². The number of amides is 5. The van der Waals surface area contributed by atoms with E-state index in [4.69, 9.17) is 0 Å². The first kappa shape index (κ1) is 43.9. The fourth-order valence-electron chi connectivity index (χ4n) is 9.06. The maximum Gasteiger partial charge on any atom is 0.262 e. The summed E-state index contributed by atoms with van der Waals surface area (Å²) in [6, 6.07) is 16.3. The highest BCUT2D eigenvalue weighted by atomic mass is 16.3. The van der Waals surface area contributed by atoms with Crippen molar-refractivity contribution in [1.29, 1.82) is 0 Å². The highest BCUT2D eigenvalue weighted by molar-refractivity contribution is 6.23. The zero-order valence-electron chi connectivity index (χ0n) is 36.3. The van der Waals surface area contributed by atoms with Gasteiger partial charge in [0.25, 0.3) is 17.7 Å². The number of nitrogens with zero attached hydrogens (tertiary/aromatic N) is 7. The minimum Gasteiger partial charge on any atom is -0.387 e. The van der Waals surface area contributed by atoms with Crippen LogP contribution in [0.2, 0.25) is 0 Å². The van der Waals surface area contributed by atoms with Crippen molar-refractivity contribution >= 4 is 64.2 Å². The molecular formula is C47H55N11O6. The van der Waals surface area contributed by atoms with Gasteiger partial charge in [0, 0.05) is 82.0 Å². The van der Waals surface area contributed by atoms with Crippen LogP contribution >= 0.6 is 0 Å². The summed E-state index contributed by atoms with van der Waals surface area (Å²) in [5.41, 5.74) is 5.31. The number of imide groups is 2. The van der Waals surface area contributed by atoms with Crippen LogP contribution < -0.4 is 31.1 Å². The molecule has 5 aliphatic rings. The van der Waals surface area contributed by atoms with Crippen LogP contribution in [0.25, 0.3) is 0 Å². The first-order chi connectivity index (χ1) is 31.1. The van der Waals surface area contributed by atoms with Crippen molar-refractivity contribution in [1.82, 2.24) is 35.4 Å². The summed E-state index contributed by atoms with van der Waals surface area (Å²) in [6.45, 7) is 14.3. The van der Waals surface area contributed by atoms with Gasteiger partial charge in [-0.15, -0.1) is 6.58 Å². The first-order valence-corrected chi connectivity index (χ1v) is 22.3. The van der Waals surface area contributed by atoms with Gasteiger partial charge in [-0.2, -0.15) is 4.98 Å². The highest BCUT2D eigenvalue weighted by Gasteiger charge is 2.45. The maximum absolute atomic E-state index is 13.4. The summed E-state index contributed by atoms with van der Waals surface area (Å²) in [7, 11) is 0. The van der Waals surface area contributed by atoms with Crippen LogP contribution in [0.5, 0.6) is 0 Å². The molecule has 5 amide bonds. The van der Waals surface area contributed by atoms with Gasteiger partial charge < -0.3 is 30.9 Å². The Morgan fingerprint density at radius 3 is 2.28 bits per heavy atom. The van der Waals surface area contributed by atoms with E-state index in [-0.39, 0.29) is 36.7 Å². The van der Waals surface area contributed by atoms with Gasteiger partial charge in [-0.3, -0.25) is 39.1 Å². The molecule has 3 saturated heterocycles. The van der Waals surface area contributed by atoms with Crippen LogP contribution in [0.4, 0.5) is 34.6 Å². The zero-order valence-corrected chi connectivity index (χ0v) is 36.3. The molecular weight excluding hydrogens is 815 g/mol. The standard InChI is InChI=1S/C45H49N11O6.C2H6/c1-2-17-46-41(59)34-25-47-45(52-40(34)50-37-13-4-28-3-12-36(57)39(28)49-37)48-29-5-7-30(8-6-29)54-18-15-27(16-19-54)26-53-20-22-55(23-21-53)31-9-10-32-33(24-31)44(62)56(43(32)61)35-11-14-38(58)51-42(35)60;1-2/h2,4-10,13,24-25,27,35-36,57H,1,3,11-12,14-23,26H2,(H,46,59)(H,51,58,60)(H2,47,48,49,50,52);1-2H3. The predicted molar refractivity (Wildman–Crippen MR) is 243 cm³/mol. The number of carbonyl (C=O) groups excluding carboxylic acids is 5. The smallest absolute Gasteiger partial charge is 0.262 e. The number of aryl methyl sites for hydroxylation is 1. The molecule has 9 rings (SSSR count). The molecule has 5 N–H and O–H groups in total. The molecule has 0 saturated carbocycles. The summed E-state index contributed by atoms with van der Waals surface area (Å²) >= 11 is 0.